The molecule has 7 nitrogen and oxygen atoms in total. The summed E-state index contributed by atoms with van der Waals surface area (Å²) in [5, 5.41) is 0.445. The number of aromatic nitrogens is 2. The van der Waals surface area contributed by atoms with Crippen LogP contribution in [0, 0.1) is 5.82 Å². The summed E-state index contributed by atoms with van der Waals surface area (Å²) in [4.78, 5) is 35.3. The first-order chi connectivity index (χ1) is 20.0. The average molecular weight is 585 g/mol. The molecule has 0 aliphatic heterocycles. The molecule has 42 heavy (non-hydrogen) atoms. The van der Waals surface area contributed by atoms with Gasteiger partial charge in [-0.1, -0.05) is 18.2 Å². The highest BCUT2D eigenvalue weighted by atomic mass is 19.4. The zero-order valence-electron chi connectivity index (χ0n) is 23.6. The second kappa shape index (κ2) is 13.2. The van der Waals surface area contributed by atoms with Crippen molar-refractivity contribution in [3.8, 4) is 11.4 Å². The third-order valence-electron chi connectivity index (χ3n) is 6.86. The molecule has 4 aromatic rings. The molecule has 0 N–H and O–H groups in total. The molecule has 0 aliphatic rings. The van der Waals surface area contributed by atoms with E-state index < -0.39 is 17.6 Å². The highest BCUT2D eigenvalue weighted by Gasteiger charge is 2.34. The minimum Gasteiger partial charge on any atom is -0.497 e. The number of hydrogen-bond acceptors (Lipinski definition) is 5. The summed E-state index contributed by atoms with van der Waals surface area (Å²) < 4.78 is 59.9. The predicted molar refractivity (Wildman–Crippen MR) is 152 cm³/mol. The molecule has 1 aromatic heterocycles. The van der Waals surface area contributed by atoms with E-state index in [9.17, 15) is 27.2 Å². The molecule has 3 aromatic carbocycles. The fourth-order valence-electron chi connectivity index (χ4n) is 4.70. The number of carbonyl (C=O) groups excluding carboxylic acids is 1. The van der Waals surface area contributed by atoms with E-state index in [0.717, 1.165) is 12.1 Å². The van der Waals surface area contributed by atoms with Crippen LogP contribution in [-0.2, 0) is 23.8 Å². The van der Waals surface area contributed by atoms with Gasteiger partial charge in [0, 0.05) is 19.5 Å². The molecule has 11 heteroatoms. The van der Waals surface area contributed by atoms with Crippen LogP contribution in [0.1, 0.15) is 23.4 Å². The molecule has 0 saturated carbocycles. The lowest BCUT2D eigenvalue weighted by Gasteiger charge is -2.24. The number of fused-ring (bicyclic) bond motifs is 1. The maximum absolute atomic E-state index is 14.2. The van der Waals surface area contributed by atoms with E-state index in [1.165, 1.54) is 4.57 Å². The van der Waals surface area contributed by atoms with Crippen molar-refractivity contribution in [3.05, 3.63) is 99.9 Å². The second-order valence-electron chi connectivity index (χ2n) is 10.2. The van der Waals surface area contributed by atoms with Gasteiger partial charge in [-0.25, -0.2) is 9.37 Å². The molecule has 0 aliphatic carbocycles. The minimum atomic E-state index is -4.82. The van der Waals surface area contributed by atoms with Crippen molar-refractivity contribution < 1.29 is 27.1 Å². The number of methoxy groups -OCH3 is 1. The molecule has 0 saturated heterocycles. The summed E-state index contributed by atoms with van der Waals surface area (Å²) in [6, 6.07) is 16.5. The minimum absolute atomic E-state index is 0.141. The van der Waals surface area contributed by atoms with E-state index in [1.54, 1.807) is 60.5 Å². The average Bonchev–Trinajstić information content (AvgIpc) is 2.94. The number of ether oxygens (including phenoxy) is 1. The molecule has 0 atom stereocenters. The second-order valence-corrected chi connectivity index (χ2v) is 10.2. The Hall–Kier alpha value is -4.25. The van der Waals surface area contributed by atoms with Crippen molar-refractivity contribution in [2.24, 2.45) is 0 Å². The summed E-state index contributed by atoms with van der Waals surface area (Å²) in [6.45, 7) is 1.25. The molecule has 0 spiro atoms. The lowest BCUT2D eigenvalue weighted by Crippen LogP contribution is -2.37. The van der Waals surface area contributed by atoms with Gasteiger partial charge in [-0.05, 0) is 81.2 Å². The van der Waals surface area contributed by atoms with Gasteiger partial charge in [0.15, 0.2) is 0 Å². The number of nitrogens with zero attached hydrogens (tertiary/aromatic N) is 4. The number of carbonyl (C=O) groups is 1. The van der Waals surface area contributed by atoms with Crippen molar-refractivity contribution in [3.63, 3.8) is 0 Å². The highest BCUT2D eigenvalue weighted by molar-refractivity contribution is 5.79. The molecular formula is C31H32F4N4O3. The number of halogens is 4. The largest absolute Gasteiger partial charge is 0.497 e. The summed E-state index contributed by atoms with van der Waals surface area (Å²) in [6.07, 6.45) is -4.23. The van der Waals surface area contributed by atoms with Gasteiger partial charge in [-0.15, -0.1) is 0 Å². The van der Waals surface area contributed by atoms with Crippen LogP contribution in [0.4, 0.5) is 17.6 Å². The number of hydrogen-bond donors (Lipinski definition) is 0. The maximum Gasteiger partial charge on any atom is 0.419 e. The molecule has 1 heterocycles. The highest BCUT2D eigenvalue weighted by Crippen LogP contribution is 2.31. The molecule has 4 rings (SSSR count). The normalized spacial score (nSPS) is 11.7. The van der Waals surface area contributed by atoms with Gasteiger partial charge in [0.05, 0.1) is 35.7 Å². The lowest BCUT2D eigenvalue weighted by atomic mass is 10.1. The summed E-state index contributed by atoms with van der Waals surface area (Å²) in [5.41, 5.74) is -0.387. The first-order valence-electron chi connectivity index (χ1n) is 13.4. The Morgan fingerprint density at radius 1 is 0.976 bits per heavy atom. The van der Waals surface area contributed by atoms with Crippen LogP contribution in [0.2, 0.25) is 0 Å². The van der Waals surface area contributed by atoms with Crippen molar-refractivity contribution in [1.82, 2.24) is 19.4 Å². The fraction of sp³-hybridized carbons (Fsp3) is 0.323. The van der Waals surface area contributed by atoms with Crippen LogP contribution in [0.15, 0.2) is 71.5 Å². The van der Waals surface area contributed by atoms with Crippen molar-refractivity contribution in [2.45, 2.75) is 25.4 Å². The van der Waals surface area contributed by atoms with Gasteiger partial charge in [0.1, 0.15) is 17.4 Å². The Morgan fingerprint density at radius 3 is 2.33 bits per heavy atom. The van der Waals surface area contributed by atoms with E-state index in [4.69, 9.17) is 9.72 Å². The van der Waals surface area contributed by atoms with Crippen LogP contribution in [0.25, 0.3) is 16.6 Å². The molecule has 0 bridgehead atoms. The monoisotopic (exact) mass is 584 g/mol. The first kappa shape index (κ1) is 30.7. The number of amides is 1. The van der Waals surface area contributed by atoms with Crippen LogP contribution >= 0.6 is 0 Å². The third kappa shape index (κ3) is 7.33. The van der Waals surface area contributed by atoms with Crippen molar-refractivity contribution in [1.29, 1.82) is 0 Å². The van der Waals surface area contributed by atoms with Gasteiger partial charge < -0.3 is 14.5 Å². The Morgan fingerprint density at radius 2 is 1.69 bits per heavy atom. The van der Waals surface area contributed by atoms with E-state index >= 15 is 0 Å². The molecular weight excluding hydrogens is 552 g/mol. The maximum atomic E-state index is 14.2. The quantitative estimate of drug-likeness (QED) is 0.229. The van der Waals surface area contributed by atoms with Gasteiger partial charge in [0.2, 0.25) is 5.91 Å². The Labute approximate surface area is 241 Å². The summed E-state index contributed by atoms with van der Waals surface area (Å²) in [7, 11) is 5.36. The number of rotatable bonds is 11. The zero-order chi connectivity index (χ0) is 30.4. The SMILES string of the molecule is COc1ccc(-n2c(CCN(CCCN(C)C)C(=O)Cc3ccc(C(F)(F)F)c(F)c3)nc3ccccc3c2=O)cc1. The van der Waals surface area contributed by atoms with Crippen LogP contribution in [0.3, 0.4) is 0 Å². The van der Waals surface area contributed by atoms with Crippen molar-refractivity contribution >= 4 is 16.8 Å². The van der Waals surface area contributed by atoms with Gasteiger partial charge in [0.25, 0.3) is 5.56 Å². The summed E-state index contributed by atoms with van der Waals surface area (Å²) in [5.74, 6) is -0.725. The molecule has 222 valence electrons. The fourth-order valence-corrected chi connectivity index (χ4v) is 4.70. The van der Waals surface area contributed by atoms with Gasteiger partial charge in [-0.2, -0.15) is 13.2 Å². The van der Waals surface area contributed by atoms with E-state index in [0.29, 0.717) is 53.7 Å². The standard InChI is InChI=1S/C31H32F4N4O3/c1-37(2)16-6-17-38(29(40)20-21-9-14-25(26(32)19-21)31(33,34)35)18-15-28-36-27-8-5-4-7-24(27)30(41)39(28)22-10-12-23(42-3)13-11-22/h4-5,7-14,19H,6,15-18,20H2,1-3H3. The zero-order valence-corrected chi connectivity index (χ0v) is 23.6. The smallest absolute Gasteiger partial charge is 0.419 e. The van der Waals surface area contributed by atoms with Gasteiger partial charge in [-0.3, -0.25) is 14.2 Å². The van der Waals surface area contributed by atoms with E-state index in [-0.39, 0.29) is 36.4 Å². The number of alkyl halides is 3. The molecule has 0 unspecified atom stereocenters. The molecule has 0 fully saturated rings. The van der Waals surface area contributed by atoms with E-state index in [2.05, 4.69) is 0 Å². The predicted octanol–water partition coefficient (Wildman–Crippen LogP) is 5.12. The number of para-hydroxylation sites is 1. The van der Waals surface area contributed by atoms with Gasteiger partial charge >= 0.3 is 6.18 Å². The Kier molecular flexibility index (Phi) is 9.62. The first-order valence-corrected chi connectivity index (χ1v) is 13.4. The molecule has 1 amide bonds. The van der Waals surface area contributed by atoms with Crippen LogP contribution in [-0.4, -0.2) is 66.1 Å². The third-order valence-corrected chi connectivity index (χ3v) is 6.86. The number of benzene rings is 3. The van der Waals surface area contributed by atoms with Crippen molar-refractivity contribution in [2.75, 3.05) is 40.8 Å². The topological polar surface area (TPSA) is 67.7 Å². The molecule has 0 radical (unpaired) electrons. The lowest BCUT2D eigenvalue weighted by molar-refractivity contribution is -0.140. The summed E-state index contributed by atoms with van der Waals surface area (Å²) >= 11 is 0. The Balaban J connectivity index is 1.63. The Bertz CT molecular complexity index is 1600. The van der Waals surface area contributed by atoms with E-state index in [1.807, 2.05) is 19.0 Å². The van der Waals surface area contributed by atoms with Crippen LogP contribution < -0.4 is 10.3 Å². The van der Waals surface area contributed by atoms with Crippen LogP contribution in [0.5, 0.6) is 5.75 Å².